The first-order valence-corrected chi connectivity index (χ1v) is 7.36. The number of aryl methyl sites for hydroxylation is 1. The minimum atomic E-state index is -0.164. The van der Waals surface area contributed by atoms with Gasteiger partial charge in [-0.15, -0.1) is 11.3 Å². The molecule has 4 nitrogen and oxygen atoms in total. The number of carbonyl (C=O) groups is 1. The van der Waals surface area contributed by atoms with Gasteiger partial charge in [0.2, 0.25) is 0 Å². The van der Waals surface area contributed by atoms with Gasteiger partial charge in [-0.2, -0.15) is 0 Å². The van der Waals surface area contributed by atoms with E-state index >= 15 is 0 Å². The van der Waals surface area contributed by atoms with Gasteiger partial charge in [0.25, 0.3) is 5.91 Å². The predicted molar refractivity (Wildman–Crippen MR) is 82.0 cm³/mol. The van der Waals surface area contributed by atoms with Crippen molar-refractivity contribution in [2.45, 2.75) is 13.5 Å². The van der Waals surface area contributed by atoms with Gasteiger partial charge in [0.1, 0.15) is 5.75 Å². The molecule has 0 bridgehead atoms. The Labute approximate surface area is 125 Å². The summed E-state index contributed by atoms with van der Waals surface area (Å²) < 4.78 is 5.38. The Balaban J connectivity index is 1.78. The van der Waals surface area contributed by atoms with Crippen LogP contribution < -0.4 is 15.4 Å². The molecule has 104 valence electrons. The molecule has 20 heavy (non-hydrogen) atoms. The largest absolute Gasteiger partial charge is 0.482 e. The van der Waals surface area contributed by atoms with Gasteiger partial charge >= 0.3 is 0 Å². The van der Waals surface area contributed by atoms with Crippen LogP contribution in [0.2, 0.25) is 5.02 Å². The SMILES string of the molecule is Cc1ccc(CNc2cc3c(cc2Cl)NC(=O)CO3)s1. The minimum Gasteiger partial charge on any atom is -0.482 e. The van der Waals surface area contributed by atoms with Gasteiger partial charge in [-0.3, -0.25) is 4.79 Å². The number of benzene rings is 1. The number of nitrogens with one attached hydrogen (secondary N) is 2. The van der Waals surface area contributed by atoms with Crippen molar-refractivity contribution in [1.29, 1.82) is 0 Å². The van der Waals surface area contributed by atoms with Crippen molar-refractivity contribution in [3.63, 3.8) is 0 Å². The third kappa shape index (κ3) is 2.73. The number of anilines is 2. The molecule has 0 radical (unpaired) electrons. The molecular weight excluding hydrogens is 296 g/mol. The number of amides is 1. The summed E-state index contributed by atoms with van der Waals surface area (Å²) in [6, 6.07) is 7.71. The molecular formula is C14H13ClN2O2S. The second-order valence-electron chi connectivity index (χ2n) is 4.53. The van der Waals surface area contributed by atoms with Gasteiger partial charge in [-0.05, 0) is 25.1 Å². The van der Waals surface area contributed by atoms with Crippen LogP contribution in [0.25, 0.3) is 0 Å². The first-order chi connectivity index (χ1) is 9.61. The van der Waals surface area contributed by atoms with Gasteiger partial charge in [0.05, 0.1) is 16.4 Å². The average Bonchev–Trinajstić information content (AvgIpc) is 2.82. The van der Waals surface area contributed by atoms with E-state index < -0.39 is 0 Å². The Kier molecular flexibility index (Phi) is 3.54. The fourth-order valence-electron chi connectivity index (χ4n) is 2.00. The zero-order chi connectivity index (χ0) is 14.1. The number of fused-ring (bicyclic) bond motifs is 1. The van der Waals surface area contributed by atoms with Gasteiger partial charge in [-0.25, -0.2) is 0 Å². The third-order valence-electron chi connectivity index (χ3n) is 2.95. The highest BCUT2D eigenvalue weighted by atomic mass is 35.5. The predicted octanol–water partition coefficient (Wildman–Crippen LogP) is 3.65. The summed E-state index contributed by atoms with van der Waals surface area (Å²) in [5.41, 5.74) is 1.41. The maximum atomic E-state index is 11.2. The van der Waals surface area contributed by atoms with Crippen molar-refractivity contribution in [3.05, 3.63) is 39.0 Å². The van der Waals surface area contributed by atoms with Crippen LogP contribution in [0.3, 0.4) is 0 Å². The second-order valence-corrected chi connectivity index (χ2v) is 6.31. The Hall–Kier alpha value is -1.72. The molecule has 0 fully saturated rings. The zero-order valence-corrected chi connectivity index (χ0v) is 12.4. The molecule has 0 spiro atoms. The highest BCUT2D eigenvalue weighted by Gasteiger charge is 2.18. The molecule has 1 aliphatic rings. The lowest BCUT2D eigenvalue weighted by atomic mass is 10.2. The molecule has 0 aliphatic carbocycles. The second kappa shape index (κ2) is 5.34. The smallest absolute Gasteiger partial charge is 0.262 e. The average molecular weight is 309 g/mol. The molecule has 0 saturated heterocycles. The summed E-state index contributed by atoms with van der Waals surface area (Å²) in [6.07, 6.45) is 0. The van der Waals surface area contributed by atoms with Crippen LogP contribution in [-0.2, 0) is 11.3 Å². The third-order valence-corrected chi connectivity index (χ3v) is 4.26. The standard InChI is InChI=1S/C14H13ClN2O2S/c1-8-2-3-9(20-8)6-16-11-5-13-12(4-10(11)15)17-14(18)7-19-13/h2-5,16H,6-7H2,1H3,(H,17,18). The van der Waals surface area contributed by atoms with E-state index in [1.165, 1.54) is 9.75 Å². The summed E-state index contributed by atoms with van der Waals surface area (Å²) in [4.78, 5) is 13.8. The van der Waals surface area contributed by atoms with E-state index in [0.717, 1.165) is 5.69 Å². The summed E-state index contributed by atoms with van der Waals surface area (Å²) in [5.74, 6) is 0.474. The van der Waals surface area contributed by atoms with E-state index in [1.807, 2.05) is 6.07 Å². The number of carbonyl (C=O) groups excluding carboxylic acids is 1. The van der Waals surface area contributed by atoms with Crippen LogP contribution in [0, 0.1) is 6.92 Å². The molecule has 1 amide bonds. The highest BCUT2D eigenvalue weighted by Crippen LogP contribution is 2.36. The maximum Gasteiger partial charge on any atom is 0.262 e. The number of hydrogen-bond donors (Lipinski definition) is 2. The van der Waals surface area contributed by atoms with Crippen molar-refractivity contribution in [3.8, 4) is 5.75 Å². The Morgan fingerprint density at radius 1 is 1.45 bits per heavy atom. The maximum absolute atomic E-state index is 11.2. The first-order valence-electron chi connectivity index (χ1n) is 6.17. The summed E-state index contributed by atoms with van der Waals surface area (Å²) >= 11 is 7.96. The van der Waals surface area contributed by atoms with Crippen molar-refractivity contribution in [2.24, 2.45) is 0 Å². The monoisotopic (exact) mass is 308 g/mol. The normalized spacial score (nSPS) is 13.4. The van der Waals surface area contributed by atoms with E-state index in [0.29, 0.717) is 23.0 Å². The fourth-order valence-corrected chi connectivity index (χ4v) is 3.06. The molecule has 0 saturated carbocycles. The molecule has 0 unspecified atom stereocenters. The molecule has 6 heteroatoms. The lowest BCUT2D eigenvalue weighted by Gasteiger charge is -2.19. The molecule has 2 aromatic rings. The van der Waals surface area contributed by atoms with Crippen molar-refractivity contribution < 1.29 is 9.53 Å². The number of rotatable bonds is 3. The Morgan fingerprint density at radius 2 is 2.30 bits per heavy atom. The van der Waals surface area contributed by atoms with E-state index in [4.69, 9.17) is 16.3 Å². The van der Waals surface area contributed by atoms with Crippen LogP contribution in [0.5, 0.6) is 5.75 Å². The van der Waals surface area contributed by atoms with Gasteiger partial charge in [0.15, 0.2) is 6.61 Å². The Morgan fingerprint density at radius 3 is 3.05 bits per heavy atom. The topological polar surface area (TPSA) is 50.4 Å². The van der Waals surface area contributed by atoms with Gasteiger partial charge in [0, 0.05) is 22.4 Å². The highest BCUT2D eigenvalue weighted by molar-refractivity contribution is 7.11. The van der Waals surface area contributed by atoms with E-state index in [9.17, 15) is 4.79 Å². The van der Waals surface area contributed by atoms with Crippen LogP contribution in [0.15, 0.2) is 24.3 Å². The quantitative estimate of drug-likeness (QED) is 0.910. The van der Waals surface area contributed by atoms with E-state index in [1.54, 1.807) is 17.4 Å². The lowest BCUT2D eigenvalue weighted by Crippen LogP contribution is -2.25. The van der Waals surface area contributed by atoms with Gasteiger partial charge in [-0.1, -0.05) is 11.6 Å². The molecule has 2 heterocycles. The fraction of sp³-hybridized carbons (Fsp3) is 0.214. The van der Waals surface area contributed by atoms with Crippen LogP contribution in [-0.4, -0.2) is 12.5 Å². The zero-order valence-electron chi connectivity index (χ0n) is 10.8. The van der Waals surface area contributed by atoms with Crippen molar-refractivity contribution >= 4 is 40.2 Å². The lowest BCUT2D eigenvalue weighted by molar-refractivity contribution is -0.118. The number of thiophene rings is 1. The van der Waals surface area contributed by atoms with Gasteiger partial charge < -0.3 is 15.4 Å². The van der Waals surface area contributed by atoms with E-state index in [-0.39, 0.29) is 12.5 Å². The summed E-state index contributed by atoms with van der Waals surface area (Å²) in [5, 5.41) is 6.58. The van der Waals surface area contributed by atoms with Crippen molar-refractivity contribution in [1.82, 2.24) is 0 Å². The van der Waals surface area contributed by atoms with Crippen molar-refractivity contribution in [2.75, 3.05) is 17.2 Å². The molecule has 0 atom stereocenters. The van der Waals surface area contributed by atoms with E-state index in [2.05, 4.69) is 29.7 Å². The van der Waals surface area contributed by atoms with Crippen LogP contribution in [0.1, 0.15) is 9.75 Å². The number of halogens is 1. The molecule has 2 N–H and O–H groups in total. The summed E-state index contributed by atoms with van der Waals surface area (Å²) in [6.45, 7) is 2.83. The molecule has 1 aromatic heterocycles. The number of ether oxygens (including phenoxy) is 1. The number of hydrogen-bond acceptors (Lipinski definition) is 4. The molecule has 1 aliphatic heterocycles. The summed E-state index contributed by atoms with van der Waals surface area (Å²) in [7, 11) is 0. The van der Waals surface area contributed by atoms with Crippen LogP contribution >= 0.6 is 22.9 Å². The first kappa shape index (κ1) is 13.3. The minimum absolute atomic E-state index is 0.0399. The Bertz CT molecular complexity index is 669. The molecule has 1 aromatic carbocycles. The molecule has 3 rings (SSSR count). The van der Waals surface area contributed by atoms with Crippen LogP contribution in [0.4, 0.5) is 11.4 Å².